The van der Waals surface area contributed by atoms with Gasteiger partial charge in [-0.2, -0.15) is 0 Å². The second-order valence-corrected chi connectivity index (χ2v) is 7.17. The van der Waals surface area contributed by atoms with Gasteiger partial charge in [0.05, 0.1) is 4.88 Å². The largest absolute Gasteiger partial charge is 0.375 e. The van der Waals surface area contributed by atoms with Crippen LogP contribution in [0.3, 0.4) is 0 Å². The molecule has 2 aliphatic rings. The minimum atomic E-state index is -0.351. The number of carbonyl (C=O) groups excluding carboxylic acids is 1. The molecule has 7 heteroatoms. The molecule has 0 spiro atoms. The first kappa shape index (κ1) is 14.6. The number of anilines is 1. The first-order chi connectivity index (χ1) is 11.1. The van der Waals surface area contributed by atoms with Crippen LogP contribution in [-0.4, -0.2) is 34.4 Å². The van der Waals surface area contributed by atoms with Crippen molar-refractivity contribution >= 4 is 22.4 Å². The molecule has 1 aromatic heterocycles. The molecule has 3 atom stereocenters. The lowest BCUT2D eigenvalue weighted by atomic mass is 10.1. The number of nitrogens with two attached hydrogens (primary N) is 2. The third kappa shape index (κ3) is 2.40. The second kappa shape index (κ2) is 5.28. The van der Waals surface area contributed by atoms with Gasteiger partial charge in [0.25, 0.3) is 5.91 Å². The van der Waals surface area contributed by atoms with E-state index in [1.54, 1.807) is 12.1 Å². The smallest absolute Gasteiger partial charge is 0.274 e. The average Bonchev–Trinajstić information content (AvgIpc) is 3.02. The Morgan fingerprint density at radius 2 is 2.26 bits per heavy atom. The zero-order valence-electron chi connectivity index (χ0n) is 12.4. The van der Waals surface area contributed by atoms with Gasteiger partial charge in [-0.15, -0.1) is 0 Å². The molecular formula is C16H17FN4OS. The topological polar surface area (TPSA) is 85.2 Å². The highest BCUT2D eigenvalue weighted by molar-refractivity contribution is 7.19. The van der Waals surface area contributed by atoms with Gasteiger partial charge in [-0.25, -0.2) is 9.37 Å². The molecule has 120 valence electrons. The van der Waals surface area contributed by atoms with Crippen molar-refractivity contribution in [3.05, 3.63) is 35.8 Å². The molecule has 2 fully saturated rings. The van der Waals surface area contributed by atoms with Gasteiger partial charge in [0.2, 0.25) is 0 Å². The van der Waals surface area contributed by atoms with E-state index < -0.39 is 0 Å². The van der Waals surface area contributed by atoms with Crippen molar-refractivity contribution in [1.29, 1.82) is 0 Å². The number of carbonyl (C=O) groups is 1. The first-order valence-electron chi connectivity index (χ1n) is 7.63. The predicted octanol–water partition coefficient (Wildman–Crippen LogP) is 2.09. The highest BCUT2D eigenvalue weighted by Crippen LogP contribution is 2.48. The molecule has 1 saturated heterocycles. The van der Waals surface area contributed by atoms with Crippen LogP contribution in [0, 0.1) is 11.7 Å². The fourth-order valence-electron chi connectivity index (χ4n) is 3.51. The number of thiazole rings is 1. The molecule has 23 heavy (non-hydrogen) atoms. The van der Waals surface area contributed by atoms with Crippen LogP contribution in [-0.2, 0) is 0 Å². The van der Waals surface area contributed by atoms with Crippen LogP contribution in [0.15, 0.2) is 24.3 Å². The number of rotatable bonds is 3. The maximum Gasteiger partial charge on any atom is 0.274 e. The highest BCUT2D eigenvalue weighted by Gasteiger charge is 2.54. The normalized spacial score (nSPS) is 25.5. The molecule has 2 aromatic rings. The SMILES string of the molecule is NC[C@@H]1C[C@@H]2C[C@@H]2N1C(=O)c1nc(N)sc1-c1cccc(F)c1. The van der Waals surface area contributed by atoms with E-state index in [9.17, 15) is 9.18 Å². The Labute approximate surface area is 137 Å². The summed E-state index contributed by atoms with van der Waals surface area (Å²) in [5.74, 6) is 0.0786. The number of nitrogens with zero attached hydrogens (tertiary/aromatic N) is 2. The number of amides is 1. The van der Waals surface area contributed by atoms with E-state index in [1.807, 2.05) is 4.90 Å². The summed E-state index contributed by atoms with van der Waals surface area (Å²) in [4.78, 5) is 19.7. The first-order valence-corrected chi connectivity index (χ1v) is 8.45. The lowest BCUT2D eigenvalue weighted by Crippen LogP contribution is -2.42. The minimum absolute atomic E-state index is 0.0644. The fourth-order valence-corrected chi connectivity index (χ4v) is 4.34. The van der Waals surface area contributed by atoms with Gasteiger partial charge in [-0.05, 0) is 36.5 Å². The number of halogens is 1. The molecule has 1 amide bonds. The summed E-state index contributed by atoms with van der Waals surface area (Å²) in [6, 6.07) is 6.48. The quantitative estimate of drug-likeness (QED) is 0.901. The van der Waals surface area contributed by atoms with E-state index in [0.717, 1.165) is 12.8 Å². The van der Waals surface area contributed by atoms with Crippen molar-refractivity contribution in [3.8, 4) is 10.4 Å². The molecule has 0 bridgehead atoms. The summed E-state index contributed by atoms with van der Waals surface area (Å²) < 4.78 is 13.5. The summed E-state index contributed by atoms with van der Waals surface area (Å²) in [7, 11) is 0. The van der Waals surface area contributed by atoms with Crippen molar-refractivity contribution in [1.82, 2.24) is 9.88 Å². The lowest BCUT2D eigenvalue weighted by molar-refractivity contribution is 0.0701. The van der Waals surface area contributed by atoms with Crippen LogP contribution in [0.4, 0.5) is 9.52 Å². The number of likely N-dealkylation sites (tertiary alicyclic amines) is 1. The maximum absolute atomic E-state index is 13.5. The minimum Gasteiger partial charge on any atom is -0.375 e. The fraction of sp³-hybridized carbons (Fsp3) is 0.375. The zero-order valence-corrected chi connectivity index (χ0v) is 13.2. The average molecular weight is 332 g/mol. The van der Waals surface area contributed by atoms with Crippen molar-refractivity contribution < 1.29 is 9.18 Å². The maximum atomic E-state index is 13.5. The van der Waals surface area contributed by atoms with E-state index in [4.69, 9.17) is 11.5 Å². The molecule has 4 N–H and O–H groups in total. The van der Waals surface area contributed by atoms with E-state index in [-0.39, 0.29) is 23.8 Å². The molecule has 0 radical (unpaired) electrons. The lowest BCUT2D eigenvalue weighted by Gasteiger charge is -2.26. The summed E-state index contributed by atoms with van der Waals surface area (Å²) in [6.07, 6.45) is 2.00. The molecule has 5 nitrogen and oxygen atoms in total. The van der Waals surface area contributed by atoms with Crippen LogP contribution in [0.2, 0.25) is 0 Å². The highest BCUT2D eigenvalue weighted by atomic mass is 32.1. The van der Waals surface area contributed by atoms with E-state index in [1.165, 1.54) is 23.5 Å². The van der Waals surface area contributed by atoms with Gasteiger partial charge >= 0.3 is 0 Å². The van der Waals surface area contributed by atoms with Gasteiger partial charge in [-0.3, -0.25) is 4.79 Å². The van der Waals surface area contributed by atoms with Crippen molar-refractivity contribution in [2.45, 2.75) is 24.9 Å². The Balaban J connectivity index is 1.73. The second-order valence-electron chi connectivity index (χ2n) is 6.14. The number of fused-ring (bicyclic) bond motifs is 1. The molecule has 1 aromatic carbocycles. The number of hydrogen-bond acceptors (Lipinski definition) is 5. The van der Waals surface area contributed by atoms with Crippen LogP contribution < -0.4 is 11.5 Å². The number of piperidine rings is 1. The van der Waals surface area contributed by atoms with Gasteiger partial charge in [0.1, 0.15) is 11.5 Å². The zero-order chi connectivity index (χ0) is 16.1. The number of hydrogen-bond donors (Lipinski definition) is 2. The van der Waals surface area contributed by atoms with E-state index in [0.29, 0.717) is 33.7 Å². The summed E-state index contributed by atoms with van der Waals surface area (Å²) >= 11 is 1.21. The molecule has 0 unspecified atom stereocenters. The van der Waals surface area contributed by atoms with Crippen molar-refractivity contribution in [2.75, 3.05) is 12.3 Å². The van der Waals surface area contributed by atoms with E-state index >= 15 is 0 Å². The van der Waals surface area contributed by atoms with Crippen LogP contribution in [0.5, 0.6) is 0 Å². The Kier molecular flexibility index (Phi) is 3.35. The van der Waals surface area contributed by atoms with Gasteiger partial charge in [0, 0.05) is 18.6 Å². The van der Waals surface area contributed by atoms with Gasteiger partial charge in [-0.1, -0.05) is 23.5 Å². The molecule has 1 saturated carbocycles. The summed E-state index contributed by atoms with van der Waals surface area (Å²) in [5, 5.41) is 0.309. The molecule has 4 rings (SSSR count). The third-order valence-corrected chi connectivity index (χ3v) is 5.58. The molecule has 1 aliphatic carbocycles. The predicted molar refractivity (Wildman–Crippen MR) is 87.4 cm³/mol. The van der Waals surface area contributed by atoms with Crippen LogP contribution >= 0.6 is 11.3 Å². The Morgan fingerprint density at radius 3 is 3.00 bits per heavy atom. The van der Waals surface area contributed by atoms with Crippen LogP contribution in [0.25, 0.3) is 10.4 Å². The summed E-state index contributed by atoms with van der Waals surface area (Å²) in [5.41, 5.74) is 12.6. The molecule has 1 aliphatic heterocycles. The van der Waals surface area contributed by atoms with E-state index in [2.05, 4.69) is 4.98 Å². The monoisotopic (exact) mass is 332 g/mol. The number of aromatic nitrogens is 1. The molecular weight excluding hydrogens is 315 g/mol. The van der Waals surface area contributed by atoms with Crippen molar-refractivity contribution in [2.24, 2.45) is 11.7 Å². The van der Waals surface area contributed by atoms with Gasteiger partial charge < -0.3 is 16.4 Å². The van der Waals surface area contributed by atoms with Gasteiger partial charge in [0.15, 0.2) is 5.13 Å². The number of benzene rings is 1. The molecule has 2 heterocycles. The Morgan fingerprint density at radius 1 is 1.43 bits per heavy atom. The van der Waals surface area contributed by atoms with Crippen LogP contribution in [0.1, 0.15) is 23.3 Å². The summed E-state index contributed by atoms with van der Waals surface area (Å²) in [6.45, 7) is 0.452. The Bertz CT molecular complexity index is 777. The standard InChI is InChI=1S/C16H17FN4OS/c17-10-3-1-2-8(4-10)14-13(20-16(19)23-14)15(22)21-11(7-18)5-9-6-12(9)21/h1-4,9,11-12H,5-7,18H2,(H2,19,20)/t9-,11+,12+/m1/s1. The number of nitrogen functional groups attached to an aromatic ring is 1. The Hall–Kier alpha value is -1.99. The third-order valence-electron chi connectivity index (χ3n) is 4.65. The van der Waals surface area contributed by atoms with Crippen molar-refractivity contribution in [3.63, 3.8) is 0 Å².